The molecule has 2 heterocycles. The second kappa shape index (κ2) is 7.12. The molecule has 3 aromatic rings. The fourth-order valence-electron chi connectivity index (χ4n) is 2.23. The maximum atomic E-state index is 12.3. The molecular weight excluding hydrogens is 342 g/mol. The number of rotatable bonds is 5. The van der Waals surface area contributed by atoms with Gasteiger partial charge in [0.2, 0.25) is 5.13 Å². The normalized spacial score (nSPS) is 11.0. The molecule has 1 N–H and O–H groups in total. The zero-order valence-electron chi connectivity index (χ0n) is 14.1. The summed E-state index contributed by atoms with van der Waals surface area (Å²) in [7, 11) is 0. The number of hydrogen-bond donors (Lipinski definition) is 1. The summed E-state index contributed by atoms with van der Waals surface area (Å²) in [5, 5.41) is 11.8. The molecule has 0 radical (unpaired) electrons. The van der Waals surface area contributed by atoms with Gasteiger partial charge in [-0.3, -0.25) is 14.9 Å². The molecule has 7 nitrogen and oxygen atoms in total. The van der Waals surface area contributed by atoms with Crippen LogP contribution in [0.2, 0.25) is 0 Å². The summed E-state index contributed by atoms with van der Waals surface area (Å²) < 4.78 is 10.8. The van der Waals surface area contributed by atoms with Gasteiger partial charge < -0.3 is 9.15 Å². The molecule has 1 amide bonds. The van der Waals surface area contributed by atoms with E-state index in [-0.39, 0.29) is 11.2 Å². The smallest absolute Gasteiger partial charge is 0.293 e. The average Bonchev–Trinajstić information content (AvgIpc) is 3.02. The molecule has 0 bridgehead atoms. The van der Waals surface area contributed by atoms with Crippen LogP contribution in [0.3, 0.4) is 0 Å². The van der Waals surface area contributed by atoms with Crippen molar-refractivity contribution in [3.8, 4) is 0 Å². The topological polar surface area (TPSA) is 94.3 Å². The minimum atomic E-state index is -0.545. The fourth-order valence-corrected chi connectivity index (χ4v) is 2.91. The minimum absolute atomic E-state index is 0.0673. The third kappa shape index (κ3) is 3.75. The molecule has 8 heteroatoms. The molecule has 0 aliphatic carbocycles. The Balaban J connectivity index is 1.86. The predicted octanol–water partition coefficient (Wildman–Crippen LogP) is 3.05. The van der Waals surface area contributed by atoms with Crippen LogP contribution < -0.4 is 10.7 Å². The first kappa shape index (κ1) is 17.2. The van der Waals surface area contributed by atoms with E-state index < -0.39 is 5.91 Å². The van der Waals surface area contributed by atoms with Gasteiger partial charge in [0.25, 0.3) is 5.91 Å². The van der Waals surface area contributed by atoms with Gasteiger partial charge in [0.15, 0.2) is 11.2 Å². The van der Waals surface area contributed by atoms with Crippen molar-refractivity contribution >= 4 is 33.3 Å². The second-order valence-corrected chi connectivity index (χ2v) is 6.56. The Labute approximate surface area is 147 Å². The molecule has 0 aliphatic heterocycles. The van der Waals surface area contributed by atoms with E-state index in [2.05, 4.69) is 15.5 Å². The zero-order valence-corrected chi connectivity index (χ0v) is 14.9. The molecule has 0 unspecified atom stereocenters. The van der Waals surface area contributed by atoms with E-state index in [9.17, 15) is 9.59 Å². The van der Waals surface area contributed by atoms with Gasteiger partial charge in [-0.05, 0) is 44.0 Å². The van der Waals surface area contributed by atoms with Crippen molar-refractivity contribution in [2.75, 3.05) is 11.9 Å². The number of aryl methyl sites for hydroxylation is 2. The summed E-state index contributed by atoms with van der Waals surface area (Å²) in [5.41, 5.74) is 2.10. The standard InChI is InChI=1S/C17H17N3O4S/c1-4-23-8-15-19-20-17(25-15)18-16(22)14-7-12(21)11-5-9(2)10(3)6-13(11)24-14/h5-7H,4,8H2,1-3H3,(H,18,20,22). The number of nitrogens with zero attached hydrogens (tertiary/aromatic N) is 2. The van der Waals surface area contributed by atoms with E-state index >= 15 is 0 Å². The molecule has 0 saturated heterocycles. The van der Waals surface area contributed by atoms with Crippen LogP contribution in [0.25, 0.3) is 11.0 Å². The Bertz CT molecular complexity index is 993. The number of ether oxygens (including phenoxy) is 1. The first-order valence-corrected chi connectivity index (χ1v) is 8.56. The number of aromatic nitrogens is 2. The third-order valence-electron chi connectivity index (χ3n) is 3.68. The van der Waals surface area contributed by atoms with Crippen LogP contribution in [0.5, 0.6) is 0 Å². The molecule has 130 valence electrons. The quantitative estimate of drug-likeness (QED) is 0.752. The van der Waals surface area contributed by atoms with Crippen molar-refractivity contribution in [1.82, 2.24) is 10.2 Å². The van der Waals surface area contributed by atoms with E-state index in [1.807, 2.05) is 20.8 Å². The summed E-state index contributed by atoms with van der Waals surface area (Å²) in [5.74, 6) is -0.612. The van der Waals surface area contributed by atoms with Gasteiger partial charge >= 0.3 is 0 Å². The van der Waals surface area contributed by atoms with E-state index in [1.165, 1.54) is 17.4 Å². The predicted molar refractivity (Wildman–Crippen MR) is 95.2 cm³/mol. The van der Waals surface area contributed by atoms with Crippen molar-refractivity contribution in [1.29, 1.82) is 0 Å². The van der Waals surface area contributed by atoms with Gasteiger partial charge in [-0.15, -0.1) is 10.2 Å². The van der Waals surface area contributed by atoms with Crippen molar-refractivity contribution in [3.63, 3.8) is 0 Å². The number of hydrogen-bond acceptors (Lipinski definition) is 7. The summed E-state index contributed by atoms with van der Waals surface area (Å²) in [6, 6.07) is 4.71. The van der Waals surface area contributed by atoms with E-state index in [1.54, 1.807) is 12.1 Å². The van der Waals surface area contributed by atoms with Crippen LogP contribution in [0.4, 0.5) is 5.13 Å². The molecular formula is C17H17N3O4S. The lowest BCUT2D eigenvalue weighted by atomic mass is 10.1. The molecule has 3 rings (SSSR count). The molecule has 1 aromatic carbocycles. The summed E-state index contributed by atoms with van der Waals surface area (Å²) in [4.78, 5) is 24.6. The summed E-state index contributed by atoms with van der Waals surface area (Å²) >= 11 is 1.21. The Hall–Kier alpha value is -2.58. The van der Waals surface area contributed by atoms with Crippen molar-refractivity contribution < 1.29 is 13.9 Å². The first-order chi connectivity index (χ1) is 12.0. The molecule has 0 atom stereocenters. The molecule has 25 heavy (non-hydrogen) atoms. The largest absolute Gasteiger partial charge is 0.451 e. The highest BCUT2D eigenvalue weighted by atomic mass is 32.1. The van der Waals surface area contributed by atoms with Gasteiger partial charge in [-0.2, -0.15) is 0 Å². The number of fused-ring (bicyclic) bond motifs is 1. The zero-order chi connectivity index (χ0) is 18.0. The fraction of sp³-hybridized carbons (Fsp3) is 0.294. The Kier molecular flexibility index (Phi) is 4.91. The summed E-state index contributed by atoms with van der Waals surface area (Å²) in [6.07, 6.45) is 0. The van der Waals surface area contributed by atoms with E-state index in [0.717, 1.165) is 11.1 Å². The van der Waals surface area contributed by atoms with Crippen LogP contribution in [-0.4, -0.2) is 22.7 Å². The number of nitrogens with one attached hydrogen (secondary N) is 1. The van der Waals surface area contributed by atoms with Crippen LogP contribution in [-0.2, 0) is 11.3 Å². The number of amides is 1. The number of carbonyl (C=O) groups excluding carboxylic acids is 1. The number of anilines is 1. The van der Waals surface area contributed by atoms with Crippen LogP contribution >= 0.6 is 11.3 Å². The number of carbonyl (C=O) groups is 1. The SMILES string of the molecule is CCOCc1nnc(NC(=O)c2cc(=O)c3cc(C)c(C)cc3o2)s1. The van der Waals surface area contributed by atoms with Gasteiger partial charge in [-0.25, -0.2) is 0 Å². The number of benzene rings is 1. The van der Waals surface area contributed by atoms with Gasteiger partial charge in [0.1, 0.15) is 17.2 Å². The highest BCUT2D eigenvalue weighted by molar-refractivity contribution is 7.15. The van der Waals surface area contributed by atoms with Crippen molar-refractivity contribution in [2.24, 2.45) is 0 Å². The van der Waals surface area contributed by atoms with Crippen LogP contribution in [0.15, 0.2) is 27.4 Å². The lowest BCUT2D eigenvalue weighted by Gasteiger charge is -2.05. The van der Waals surface area contributed by atoms with Gasteiger partial charge in [0.05, 0.1) is 5.39 Å². The molecule has 0 fully saturated rings. The Morgan fingerprint density at radius 3 is 2.76 bits per heavy atom. The lowest BCUT2D eigenvalue weighted by molar-refractivity contribution is 0.0997. The summed E-state index contributed by atoms with van der Waals surface area (Å²) in [6.45, 7) is 6.64. The monoisotopic (exact) mass is 359 g/mol. The van der Waals surface area contributed by atoms with E-state index in [0.29, 0.717) is 34.3 Å². The maximum absolute atomic E-state index is 12.3. The maximum Gasteiger partial charge on any atom is 0.293 e. The van der Waals surface area contributed by atoms with Gasteiger partial charge in [-0.1, -0.05) is 11.3 Å². The molecule has 2 aromatic heterocycles. The highest BCUT2D eigenvalue weighted by Gasteiger charge is 2.15. The van der Waals surface area contributed by atoms with Crippen molar-refractivity contribution in [3.05, 3.63) is 50.3 Å². The van der Waals surface area contributed by atoms with E-state index in [4.69, 9.17) is 9.15 Å². The first-order valence-electron chi connectivity index (χ1n) is 7.74. The minimum Gasteiger partial charge on any atom is -0.451 e. The van der Waals surface area contributed by atoms with Crippen LogP contribution in [0, 0.1) is 13.8 Å². The Morgan fingerprint density at radius 1 is 1.24 bits per heavy atom. The average molecular weight is 359 g/mol. The third-order valence-corrected chi connectivity index (χ3v) is 4.50. The van der Waals surface area contributed by atoms with Gasteiger partial charge in [0, 0.05) is 12.7 Å². The Morgan fingerprint density at radius 2 is 2.00 bits per heavy atom. The molecule has 0 spiro atoms. The molecule has 0 aliphatic rings. The highest BCUT2D eigenvalue weighted by Crippen LogP contribution is 2.20. The second-order valence-electron chi connectivity index (χ2n) is 5.50. The van der Waals surface area contributed by atoms with Crippen LogP contribution in [0.1, 0.15) is 33.6 Å². The molecule has 0 saturated carbocycles. The van der Waals surface area contributed by atoms with Crippen molar-refractivity contribution in [2.45, 2.75) is 27.4 Å². The lowest BCUT2D eigenvalue weighted by Crippen LogP contribution is -2.15.